The first kappa shape index (κ1) is 15.3. The molecule has 2 aromatic rings. The fourth-order valence-corrected chi connectivity index (χ4v) is 3.47. The summed E-state index contributed by atoms with van der Waals surface area (Å²) in [5, 5.41) is 10.4. The Hall–Kier alpha value is -1.65. The van der Waals surface area contributed by atoms with Crippen molar-refractivity contribution in [3.8, 4) is 0 Å². The van der Waals surface area contributed by atoms with Crippen LogP contribution in [0.4, 0.5) is 0 Å². The molecule has 1 aliphatic rings. The summed E-state index contributed by atoms with van der Waals surface area (Å²) in [6.07, 6.45) is 2.24. The summed E-state index contributed by atoms with van der Waals surface area (Å²) in [5.74, 6) is 0.388. The number of aryl methyl sites for hydroxylation is 2. The van der Waals surface area contributed by atoms with Crippen molar-refractivity contribution in [1.29, 1.82) is 0 Å². The number of fused-ring (bicyclic) bond motifs is 1. The second kappa shape index (κ2) is 6.23. The van der Waals surface area contributed by atoms with Gasteiger partial charge in [0.05, 0.1) is 19.7 Å². The van der Waals surface area contributed by atoms with Crippen molar-refractivity contribution >= 4 is 11.0 Å². The molecule has 0 amide bonds. The van der Waals surface area contributed by atoms with Gasteiger partial charge in [-0.1, -0.05) is 0 Å². The zero-order chi connectivity index (χ0) is 15.7. The average molecular weight is 302 g/mol. The van der Waals surface area contributed by atoms with Crippen LogP contribution in [0.3, 0.4) is 0 Å². The highest BCUT2D eigenvalue weighted by molar-refractivity contribution is 5.81. The van der Waals surface area contributed by atoms with Crippen LogP contribution in [0.25, 0.3) is 11.0 Å². The van der Waals surface area contributed by atoms with E-state index in [4.69, 9.17) is 4.42 Å². The second-order valence-electron chi connectivity index (χ2n) is 6.60. The van der Waals surface area contributed by atoms with Gasteiger partial charge in [-0.3, -0.25) is 0 Å². The Morgan fingerprint density at radius 1 is 1.27 bits per heavy atom. The molecule has 2 N–H and O–H groups in total. The Morgan fingerprint density at radius 3 is 2.82 bits per heavy atom. The zero-order valence-electron chi connectivity index (χ0n) is 13.3. The third kappa shape index (κ3) is 3.08. The number of benzene rings is 1. The average Bonchev–Trinajstić information content (AvgIpc) is 2.49. The summed E-state index contributed by atoms with van der Waals surface area (Å²) in [6, 6.07) is 5.71. The van der Waals surface area contributed by atoms with E-state index in [9.17, 15) is 9.90 Å². The van der Waals surface area contributed by atoms with Crippen molar-refractivity contribution in [2.45, 2.75) is 33.2 Å². The maximum absolute atomic E-state index is 11.8. The highest BCUT2D eigenvalue weighted by Gasteiger charge is 2.23. The van der Waals surface area contributed by atoms with E-state index >= 15 is 0 Å². The van der Waals surface area contributed by atoms with Gasteiger partial charge in [0.25, 0.3) is 0 Å². The van der Waals surface area contributed by atoms with Crippen molar-refractivity contribution in [3.05, 3.63) is 45.3 Å². The summed E-state index contributed by atoms with van der Waals surface area (Å²) in [5.41, 5.74) is 3.81. The smallest absolute Gasteiger partial charge is 0.336 e. The minimum Gasteiger partial charge on any atom is -0.423 e. The van der Waals surface area contributed by atoms with Crippen LogP contribution in [0, 0.1) is 19.8 Å². The standard InChI is InChI=1S/C18H23NO3/c1-12-6-16-15(8-18(21)22-17(16)7-13(12)2)10-19-5-3-4-14(9-19)11-20/h6-8,14,20H,3-5,9-11H2,1-2H3/p+1/t14-/m1/s1. The van der Waals surface area contributed by atoms with Crippen molar-refractivity contribution in [2.24, 2.45) is 5.92 Å². The number of quaternary nitrogens is 1. The van der Waals surface area contributed by atoms with Gasteiger partial charge in [-0.2, -0.15) is 0 Å². The maximum atomic E-state index is 11.8. The molecule has 1 unspecified atom stereocenters. The van der Waals surface area contributed by atoms with Gasteiger partial charge in [-0.05, 0) is 49.9 Å². The van der Waals surface area contributed by atoms with E-state index < -0.39 is 0 Å². The van der Waals surface area contributed by atoms with Crippen LogP contribution in [0.15, 0.2) is 27.4 Å². The Labute approximate surface area is 130 Å². The van der Waals surface area contributed by atoms with Gasteiger partial charge in [-0.25, -0.2) is 4.79 Å². The van der Waals surface area contributed by atoms with Crippen molar-refractivity contribution < 1.29 is 14.4 Å². The molecule has 4 heteroatoms. The number of rotatable bonds is 3. The Morgan fingerprint density at radius 2 is 2.05 bits per heavy atom. The summed E-state index contributed by atoms with van der Waals surface area (Å²) in [4.78, 5) is 13.3. The first-order valence-corrected chi connectivity index (χ1v) is 8.05. The molecule has 0 bridgehead atoms. The van der Waals surface area contributed by atoms with Crippen LogP contribution in [0.1, 0.15) is 29.5 Å². The predicted octanol–water partition coefficient (Wildman–Crippen LogP) is 1.20. The monoisotopic (exact) mass is 302 g/mol. The van der Waals surface area contributed by atoms with E-state index in [-0.39, 0.29) is 12.2 Å². The number of piperidine rings is 1. The first-order valence-electron chi connectivity index (χ1n) is 8.05. The van der Waals surface area contributed by atoms with Crippen LogP contribution < -0.4 is 10.5 Å². The lowest BCUT2D eigenvalue weighted by molar-refractivity contribution is -0.922. The molecule has 2 heterocycles. The SMILES string of the molecule is Cc1cc2oc(=O)cc(C[NH+]3CCC[C@@H](CO)C3)c2cc1C. The van der Waals surface area contributed by atoms with E-state index in [1.165, 1.54) is 10.5 Å². The van der Waals surface area contributed by atoms with Gasteiger partial charge in [0, 0.05) is 22.9 Å². The summed E-state index contributed by atoms with van der Waals surface area (Å²) in [6.45, 7) is 7.27. The number of nitrogens with one attached hydrogen (secondary N) is 1. The maximum Gasteiger partial charge on any atom is 0.336 e. The quantitative estimate of drug-likeness (QED) is 0.838. The van der Waals surface area contributed by atoms with Gasteiger partial charge < -0.3 is 14.4 Å². The predicted molar refractivity (Wildman–Crippen MR) is 86.2 cm³/mol. The van der Waals surface area contributed by atoms with E-state index in [2.05, 4.69) is 13.0 Å². The van der Waals surface area contributed by atoms with Gasteiger partial charge in [-0.15, -0.1) is 0 Å². The van der Waals surface area contributed by atoms with Crippen LogP contribution in [0.2, 0.25) is 0 Å². The van der Waals surface area contributed by atoms with Gasteiger partial charge >= 0.3 is 5.63 Å². The first-order chi connectivity index (χ1) is 10.6. The van der Waals surface area contributed by atoms with Crippen molar-refractivity contribution in [2.75, 3.05) is 19.7 Å². The lowest BCUT2D eigenvalue weighted by Crippen LogP contribution is -3.12. The molecule has 0 aliphatic carbocycles. The van der Waals surface area contributed by atoms with E-state index in [0.717, 1.165) is 49.0 Å². The summed E-state index contributed by atoms with van der Waals surface area (Å²) in [7, 11) is 0. The molecule has 2 atom stereocenters. The molecule has 3 rings (SSSR count). The fourth-order valence-electron chi connectivity index (χ4n) is 3.47. The van der Waals surface area contributed by atoms with Crippen LogP contribution in [-0.2, 0) is 6.54 Å². The molecule has 1 fully saturated rings. The lowest BCUT2D eigenvalue weighted by Gasteiger charge is -2.29. The third-order valence-corrected chi connectivity index (χ3v) is 4.86. The molecule has 0 saturated carbocycles. The molecule has 0 spiro atoms. The lowest BCUT2D eigenvalue weighted by atomic mass is 9.97. The van der Waals surface area contributed by atoms with Crippen LogP contribution >= 0.6 is 0 Å². The normalized spacial score (nSPS) is 22.1. The number of likely N-dealkylation sites (tertiary alicyclic amines) is 1. The molecule has 22 heavy (non-hydrogen) atoms. The number of aliphatic hydroxyl groups is 1. The molecule has 1 aromatic heterocycles. The molecule has 4 nitrogen and oxygen atoms in total. The van der Waals surface area contributed by atoms with E-state index in [0.29, 0.717) is 11.5 Å². The third-order valence-electron chi connectivity index (χ3n) is 4.86. The van der Waals surface area contributed by atoms with Crippen LogP contribution in [-0.4, -0.2) is 24.8 Å². The second-order valence-corrected chi connectivity index (χ2v) is 6.60. The molecule has 1 saturated heterocycles. The van der Waals surface area contributed by atoms with Gasteiger partial charge in [0.2, 0.25) is 0 Å². The van der Waals surface area contributed by atoms with Crippen molar-refractivity contribution in [1.82, 2.24) is 0 Å². The highest BCUT2D eigenvalue weighted by Crippen LogP contribution is 2.21. The minimum atomic E-state index is -0.277. The molecule has 118 valence electrons. The molecular weight excluding hydrogens is 278 g/mol. The Balaban J connectivity index is 1.96. The topological polar surface area (TPSA) is 54.9 Å². The minimum absolute atomic E-state index is 0.263. The highest BCUT2D eigenvalue weighted by atomic mass is 16.4. The van der Waals surface area contributed by atoms with Crippen molar-refractivity contribution in [3.63, 3.8) is 0 Å². The Bertz CT molecular complexity index is 735. The number of hydrogen-bond acceptors (Lipinski definition) is 3. The zero-order valence-corrected chi connectivity index (χ0v) is 13.3. The largest absolute Gasteiger partial charge is 0.423 e. The number of aliphatic hydroxyl groups excluding tert-OH is 1. The molecule has 1 aromatic carbocycles. The molecule has 1 aliphatic heterocycles. The molecular formula is C18H24NO3+. The van der Waals surface area contributed by atoms with Gasteiger partial charge in [0.15, 0.2) is 0 Å². The number of hydrogen-bond donors (Lipinski definition) is 2. The van der Waals surface area contributed by atoms with E-state index in [1.807, 2.05) is 13.0 Å². The summed E-state index contributed by atoms with van der Waals surface area (Å²) >= 11 is 0. The molecule has 0 radical (unpaired) electrons. The van der Waals surface area contributed by atoms with Crippen LogP contribution in [0.5, 0.6) is 0 Å². The van der Waals surface area contributed by atoms with Gasteiger partial charge in [0.1, 0.15) is 12.1 Å². The fraction of sp³-hybridized carbons (Fsp3) is 0.500. The summed E-state index contributed by atoms with van der Waals surface area (Å²) < 4.78 is 5.36. The Kier molecular flexibility index (Phi) is 4.32. The van der Waals surface area contributed by atoms with E-state index in [1.54, 1.807) is 6.07 Å².